The zero-order valence-electron chi connectivity index (χ0n) is 10.6. The van der Waals surface area contributed by atoms with Crippen LogP contribution in [0.25, 0.3) is 0 Å². The number of carbonyl (C=O) groups excluding carboxylic acids is 2. The summed E-state index contributed by atoms with van der Waals surface area (Å²) in [5.74, 6) is 0.937. The maximum absolute atomic E-state index is 11.1. The Morgan fingerprint density at radius 3 is 1.44 bits per heavy atom. The highest BCUT2D eigenvalue weighted by molar-refractivity contribution is 5.69. The van der Waals surface area contributed by atoms with Crippen molar-refractivity contribution in [3.63, 3.8) is 0 Å². The summed E-state index contributed by atoms with van der Waals surface area (Å²) in [5, 5.41) is 0. The summed E-state index contributed by atoms with van der Waals surface area (Å²) in [4.78, 5) is 22.3. The Kier molecular flexibility index (Phi) is 2.22. The largest absolute Gasteiger partial charge is 0.431 e. The lowest BCUT2D eigenvalue weighted by Gasteiger charge is -2.26. The molecular formula is C14H16O4. The van der Waals surface area contributed by atoms with Crippen LogP contribution >= 0.6 is 0 Å². The van der Waals surface area contributed by atoms with E-state index in [1.807, 2.05) is 12.2 Å². The zero-order valence-corrected chi connectivity index (χ0v) is 10.6. The minimum absolute atomic E-state index is 0.190. The molecule has 2 saturated carbocycles. The van der Waals surface area contributed by atoms with Gasteiger partial charge in [0.1, 0.15) is 11.5 Å². The van der Waals surface area contributed by atoms with E-state index in [2.05, 4.69) is 0 Å². The van der Waals surface area contributed by atoms with Crippen molar-refractivity contribution >= 4 is 11.9 Å². The van der Waals surface area contributed by atoms with Gasteiger partial charge in [-0.05, 0) is 37.8 Å². The van der Waals surface area contributed by atoms with Crippen LogP contribution in [-0.2, 0) is 19.1 Å². The summed E-state index contributed by atoms with van der Waals surface area (Å²) < 4.78 is 10.7. The molecule has 0 aliphatic heterocycles. The highest BCUT2D eigenvalue weighted by atomic mass is 16.5. The molecular weight excluding hydrogens is 232 g/mol. The summed E-state index contributed by atoms with van der Waals surface area (Å²) in [6.45, 7) is 2.84. The predicted molar refractivity (Wildman–Crippen MR) is 63.0 cm³/mol. The third-order valence-corrected chi connectivity index (χ3v) is 3.88. The maximum atomic E-state index is 11.1. The molecule has 2 fully saturated rings. The van der Waals surface area contributed by atoms with Crippen molar-refractivity contribution in [2.45, 2.75) is 39.5 Å². The van der Waals surface area contributed by atoms with Gasteiger partial charge in [-0.1, -0.05) is 0 Å². The molecule has 0 atom stereocenters. The van der Waals surface area contributed by atoms with Crippen LogP contribution in [0.2, 0.25) is 0 Å². The van der Waals surface area contributed by atoms with Crippen molar-refractivity contribution in [2.24, 2.45) is 10.8 Å². The highest BCUT2D eigenvalue weighted by Gasteiger charge is 2.57. The first-order valence-corrected chi connectivity index (χ1v) is 6.29. The third-order valence-electron chi connectivity index (χ3n) is 3.88. The second kappa shape index (κ2) is 3.46. The second-order valence-corrected chi connectivity index (χ2v) is 5.52. The Morgan fingerprint density at radius 1 is 0.889 bits per heavy atom. The fraction of sp³-hybridized carbons (Fsp3) is 0.571. The molecule has 0 saturated heterocycles. The van der Waals surface area contributed by atoms with Gasteiger partial charge in [-0.2, -0.15) is 0 Å². The van der Waals surface area contributed by atoms with E-state index in [0.29, 0.717) is 0 Å². The maximum Gasteiger partial charge on any atom is 0.307 e. The van der Waals surface area contributed by atoms with Crippen molar-refractivity contribution in [3.8, 4) is 0 Å². The number of hydrogen-bond donors (Lipinski definition) is 0. The van der Waals surface area contributed by atoms with E-state index in [-0.39, 0.29) is 22.8 Å². The quantitative estimate of drug-likeness (QED) is 0.704. The van der Waals surface area contributed by atoms with E-state index in [0.717, 1.165) is 37.2 Å². The first-order chi connectivity index (χ1) is 8.46. The number of esters is 2. The lowest BCUT2D eigenvalue weighted by atomic mass is 9.88. The zero-order chi connectivity index (χ0) is 13.0. The van der Waals surface area contributed by atoms with Crippen LogP contribution in [0.1, 0.15) is 39.5 Å². The minimum Gasteiger partial charge on any atom is -0.431 e. The Hall–Kier alpha value is -1.58. The molecule has 3 rings (SSSR count). The molecule has 0 unspecified atom stereocenters. The van der Waals surface area contributed by atoms with Gasteiger partial charge in [0.15, 0.2) is 0 Å². The SMILES string of the molecule is CC(=O)OC1=CC2(CC2)C(OC(C)=O)=CC12CC2. The van der Waals surface area contributed by atoms with Crippen LogP contribution in [0.15, 0.2) is 23.7 Å². The van der Waals surface area contributed by atoms with E-state index in [1.54, 1.807) is 0 Å². The Bertz CT molecular complexity index is 444. The van der Waals surface area contributed by atoms with Gasteiger partial charge in [0.2, 0.25) is 0 Å². The molecule has 0 aromatic carbocycles. The lowest BCUT2D eigenvalue weighted by molar-refractivity contribution is -0.140. The fourth-order valence-electron chi connectivity index (χ4n) is 2.55. The Balaban J connectivity index is 1.91. The lowest BCUT2D eigenvalue weighted by Crippen LogP contribution is -2.21. The van der Waals surface area contributed by atoms with Gasteiger partial charge >= 0.3 is 11.9 Å². The van der Waals surface area contributed by atoms with E-state index >= 15 is 0 Å². The van der Waals surface area contributed by atoms with Crippen LogP contribution in [0.3, 0.4) is 0 Å². The van der Waals surface area contributed by atoms with Gasteiger partial charge in [-0.3, -0.25) is 9.59 Å². The number of carbonyl (C=O) groups is 2. The van der Waals surface area contributed by atoms with Crippen molar-refractivity contribution in [1.82, 2.24) is 0 Å². The Labute approximate surface area is 106 Å². The predicted octanol–water partition coefficient (Wildman–Crippen LogP) is 2.45. The molecule has 96 valence electrons. The van der Waals surface area contributed by atoms with E-state index in [9.17, 15) is 9.59 Å². The molecule has 3 aliphatic carbocycles. The number of rotatable bonds is 2. The van der Waals surface area contributed by atoms with E-state index in [1.165, 1.54) is 13.8 Å². The van der Waals surface area contributed by atoms with Crippen molar-refractivity contribution in [1.29, 1.82) is 0 Å². The summed E-state index contributed by atoms with van der Waals surface area (Å²) >= 11 is 0. The monoisotopic (exact) mass is 248 g/mol. The van der Waals surface area contributed by atoms with Gasteiger partial charge in [0.05, 0.1) is 0 Å². The molecule has 0 aromatic heterocycles. The van der Waals surface area contributed by atoms with Crippen LogP contribution in [0.4, 0.5) is 0 Å². The molecule has 3 aliphatic rings. The van der Waals surface area contributed by atoms with Gasteiger partial charge in [-0.25, -0.2) is 0 Å². The van der Waals surface area contributed by atoms with Crippen molar-refractivity contribution in [3.05, 3.63) is 23.7 Å². The molecule has 0 N–H and O–H groups in total. The summed E-state index contributed by atoms with van der Waals surface area (Å²) in [6.07, 6.45) is 7.80. The molecule has 0 bridgehead atoms. The average molecular weight is 248 g/mol. The average Bonchev–Trinajstić information content (AvgIpc) is 3.10. The normalized spacial score (nSPS) is 25.2. The summed E-state index contributed by atoms with van der Waals surface area (Å²) in [5.41, 5.74) is -0.380. The van der Waals surface area contributed by atoms with Gasteiger partial charge < -0.3 is 9.47 Å². The van der Waals surface area contributed by atoms with Gasteiger partial charge in [-0.15, -0.1) is 0 Å². The van der Waals surface area contributed by atoms with E-state index < -0.39 is 0 Å². The minimum atomic E-state index is -0.285. The molecule has 0 aromatic rings. The Morgan fingerprint density at radius 2 is 1.22 bits per heavy atom. The molecule has 0 radical (unpaired) electrons. The second-order valence-electron chi connectivity index (χ2n) is 5.52. The third kappa shape index (κ3) is 1.76. The summed E-state index contributed by atoms with van der Waals surface area (Å²) in [7, 11) is 0. The summed E-state index contributed by atoms with van der Waals surface area (Å²) in [6, 6.07) is 0. The number of ether oxygens (including phenoxy) is 2. The first kappa shape index (κ1) is 11.5. The smallest absolute Gasteiger partial charge is 0.307 e. The molecule has 4 heteroatoms. The van der Waals surface area contributed by atoms with Crippen LogP contribution in [0.5, 0.6) is 0 Å². The van der Waals surface area contributed by atoms with Crippen LogP contribution in [-0.4, -0.2) is 11.9 Å². The van der Waals surface area contributed by atoms with Crippen molar-refractivity contribution < 1.29 is 19.1 Å². The molecule has 0 amide bonds. The van der Waals surface area contributed by atoms with E-state index in [4.69, 9.17) is 9.47 Å². The van der Waals surface area contributed by atoms with Gasteiger partial charge in [0.25, 0.3) is 0 Å². The van der Waals surface area contributed by atoms with Gasteiger partial charge in [0, 0.05) is 24.7 Å². The number of allylic oxidation sites excluding steroid dienone is 2. The molecule has 18 heavy (non-hydrogen) atoms. The standard InChI is InChI=1S/C14H16O4/c1-9(15)17-11-7-14(5-6-14)12(18-10(2)16)8-13(11)3-4-13/h7-8H,3-6H2,1-2H3. The van der Waals surface area contributed by atoms with Crippen LogP contribution < -0.4 is 0 Å². The first-order valence-electron chi connectivity index (χ1n) is 6.29. The number of hydrogen-bond acceptors (Lipinski definition) is 4. The van der Waals surface area contributed by atoms with Crippen molar-refractivity contribution in [2.75, 3.05) is 0 Å². The highest BCUT2D eigenvalue weighted by Crippen LogP contribution is 2.65. The molecule has 4 nitrogen and oxygen atoms in total. The topological polar surface area (TPSA) is 52.6 Å². The van der Waals surface area contributed by atoms with Crippen LogP contribution in [0, 0.1) is 10.8 Å². The molecule has 0 heterocycles. The molecule has 2 spiro atoms. The fourth-order valence-corrected chi connectivity index (χ4v) is 2.55.